The molecular formula is C16H20ClN3O4. The van der Waals surface area contributed by atoms with Crippen molar-refractivity contribution in [2.45, 2.75) is 13.5 Å². The highest BCUT2D eigenvalue weighted by atomic mass is 35.5. The minimum atomic E-state index is -0.393. The van der Waals surface area contributed by atoms with Gasteiger partial charge in [0, 0.05) is 5.69 Å². The van der Waals surface area contributed by atoms with Crippen molar-refractivity contribution in [2.75, 3.05) is 18.5 Å². The molecule has 0 bridgehead atoms. The Morgan fingerprint density at radius 3 is 2.54 bits per heavy atom. The summed E-state index contributed by atoms with van der Waals surface area (Å²) in [6.45, 7) is 2.55. The summed E-state index contributed by atoms with van der Waals surface area (Å²) >= 11 is 0. The van der Waals surface area contributed by atoms with Crippen molar-refractivity contribution in [1.82, 2.24) is 5.32 Å². The molecule has 1 heterocycles. The molecule has 24 heavy (non-hydrogen) atoms. The number of halogens is 1. The van der Waals surface area contributed by atoms with Crippen LogP contribution in [0.15, 0.2) is 41.0 Å². The molecule has 0 aliphatic rings. The van der Waals surface area contributed by atoms with E-state index in [1.807, 2.05) is 6.92 Å². The van der Waals surface area contributed by atoms with Gasteiger partial charge >= 0.3 is 0 Å². The quantitative estimate of drug-likeness (QED) is 0.705. The molecule has 0 aliphatic carbocycles. The molecule has 2 rings (SSSR count). The first-order valence-electron chi connectivity index (χ1n) is 7.20. The first-order chi connectivity index (χ1) is 11.1. The molecule has 0 radical (unpaired) electrons. The summed E-state index contributed by atoms with van der Waals surface area (Å²) in [5.41, 5.74) is 6.36. The molecule has 0 fully saturated rings. The van der Waals surface area contributed by atoms with E-state index in [0.29, 0.717) is 23.6 Å². The second-order valence-electron chi connectivity index (χ2n) is 4.69. The third-order valence-electron chi connectivity index (χ3n) is 2.98. The summed E-state index contributed by atoms with van der Waals surface area (Å²) in [7, 11) is 0. The third-order valence-corrected chi connectivity index (χ3v) is 2.98. The van der Waals surface area contributed by atoms with Crippen LogP contribution in [-0.2, 0) is 11.3 Å². The Balaban J connectivity index is 0.00000288. The topological polar surface area (TPSA) is 107 Å². The lowest BCUT2D eigenvalue weighted by Gasteiger charge is -2.07. The molecule has 2 aromatic rings. The Labute approximate surface area is 146 Å². The van der Waals surface area contributed by atoms with Crippen molar-refractivity contribution in [3.05, 3.63) is 47.9 Å². The van der Waals surface area contributed by atoms with E-state index in [1.165, 1.54) is 6.26 Å². The van der Waals surface area contributed by atoms with Gasteiger partial charge in [-0.05, 0) is 37.3 Å². The molecule has 1 aromatic carbocycles. The van der Waals surface area contributed by atoms with Crippen molar-refractivity contribution >= 4 is 29.9 Å². The minimum Gasteiger partial charge on any atom is -0.494 e. The second kappa shape index (κ2) is 9.59. The number of hydrogen-bond donors (Lipinski definition) is 3. The average Bonchev–Trinajstić information content (AvgIpc) is 3.04. The molecule has 1 aromatic heterocycles. The van der Waals surface area contributed by atoms with Crippen LogP contribution in [0.3, 0.4) is 0 Å². The number of nitrogens with two attached hydrogens (primary N) is 1. The lowest BCUT2D eigenvalue weighted by molar-refractivity contribution is -0.115. The van der Waals surface area contributed by atoms with Crippen LogP contribution in [0.25, 0.3) is 0 Å². The van der Waals surface area contributed by atoms with Crippen molar-refractivity contribution < 1.29 is 18.7 Å². The fourth-order valence-electron chi connectivity index (χ4n) is 1.88. The molecule has 7 nitrogen and oxygen atoms in total. The Hall–Kier alpha value is -2.51. The predicted octanol–water partition coefficient (Wildman–Crippen LogP) is 1.93. The summed E-state index contributed by atoms with van der Waals surface area (Å²) in [6, 6.07) is 8.53. The van der Waals surface area contributed by atoms with Gasteiger partial charge in [-0.25, -0.2) is 0 Å². The molecule has 8 heteroatoms. The molecule has 2 amide bonds. The highest BCUT2D eigenvalue weighted by molar-refractivity contribution is 5.99. The van der Waals surface area contributed by atoms with Gasteiger partial charge in [0.05, 0.1) is 25.3 Å². The van der Waals surface area contributed by atoms with Crippen LogP contribution in [-0.4, -0.2) is 25.0 Å². The molecule has 4 N–H and O–H groups in total. The van der Waals surface area contributed by atoms with Crippen LogP contribution in [0.1, 0.15) is 23.0 Å². The average molecular weight is 354 g/mol. The van der Waals surface area contributed by atoms with Crippen LogP contribution in [0.4, 0.5) is 5.69 Å². The van der Waals surface area contributed by atoms with Gasteiger partial charge in [-0.2, -0.15) is 0 Å². The normalized spacial score (nSPS) is 9.75. The SMILES string of the molecule is CCOc1ccc(NC(=O)CNC(=O)c2coc(CN)c2)cc1.Cl. The fraction of sp³-hybridized carbons (Fsp3) is 0.250. The maximum absolute atomic E-state index is 11.8. The molecule has 0 saturated carbocycles. The van der Waals surface area contributed by atoms with Crippen LogP contribution in [0.5, 0.6) is 5.75 Å². The summed E-state index contributed by atoms with van der Waals surface area (Å²) in [6.07, 6.45) is 1.31. The van der Waals surface area contributed by atoms with Gasteiger partial charge in [-0.1, -0.05) is 0 Å². The zero-order valence-corrected chi connectivity index (χ0v) is 14.0. The minimum absolute atomic E-state index is 0. The smallest absolute Gasteiger partial charge is 0.254 e. The number of nitrogens with one attached hydrogen (secondary N) is 2. The number of amides is 2. The molecule has 0 aliphatic heterocycles. The number of benzene rings is 1. The number of carbonyl (C=O) groups excluding carboxylic acids is 2. The van der Waals surface area contributed by atoms with Crippen LogP contribution in [0.2, 0.25) is 0 Å². The van der Waals surface area contributed by atoms with Crippen LogP contribution < -0.4 is 21.1 Å². The number of furan rings is 1. The Kier molecular flexibility index (Phi) is 7.81. The Bertz CT molecular complexity index is 670. The lowest BCUT2D eigenvalue weighted by Crippen LogP contribution is -2.32. The van der Waals surface area contributed by atoms with E-state index in [2.05, 4.69) is 10.6 Å². The van der Waals surface area contributed by atoms with E-state index in [1.54, 1.807) is 30.3 Å². The maximum atomic E-state index is 11.8. The molecule has 0 unspecified atom stereocenters. The van der Waals surface area contributed by atoms with E-state index in [-0.39, 0.29) is 31.4 Å². The van der Waals surface area contributed by atoms with Gasteiger partial charge in [0.1, 0.15) is 17.8 Å². The standard InChI is InChI=1S/C16H19N3O4.ClH/c1-2-22-13-5-3-12(4-6-13)19-15(20)9-18-16(21)11-7-14(8-17)23-10-11;/h3-7,10H,2,8-9,17H2,1H3,(H,18,21)(H,19,20);1H. The monoisotopic (exact) mass is 353 g/mol. The van der Waals surface area contributed by atoms with Gasteiger partial charge in [0.15, 0.2) is 0 Å². The number of rotatable bonds is 7. The molecule has 0 spiro atoms. The van der Waals surface area contributed by atoms with E-state index in [9.17, 15) is 9.59 Å². The largest absolute Gasteiger partial charge is 0.494 e. The number of ether oxygens (including phenoxy) is 1. The summed E-state index contributed by atoms with van der Waals surface area (Å²) in [4.78, 5) is 23.7. The molecular weight excluding hydrogens is 334 g/mol. The number of anilines is 1. The highest BCUT2D eigenvalue weighted by Crippen LogP contribution is 2.15. The van der Waals surface area contributed by atoms with Gasteiger partial charge < -0.3 is 25.5 Å². The first-order valence-corrected chi connectivity index (χ1v) is 7.20. The van der Waals surface area contributed by atoms with Gasteiger partial charge in [0.25, 0.3) is 5.91 Å². The van der Waals surface area contributed by atoms with Gasteiger partial charge in [-0.15, -0.1) is 12.4 Å². The van der Waals surface area contributed by atoms with E-state index in [0.717, 1.165) is 5.75 Å². The molecule has 130 valence electrons. The van der Waals surface area contributed by atoms with Gasteiger partial charge in [0.2, 0.25) is 5.91 Å². The highest BCUT2D eigenvalue weighted by Gasteiger charge is 2.11. The lowest BCUT2D eigenvalue weighted by atomic mass is 10.3. The maximum Gasteiger partial charge on any atom is 0.254 e. The number of carbonyl (C=O) groups is 2. The Morgan fingerprint density at radius 2 is 1.96 bits per heavy atom. The summed E-state index contributed by atoms with van der Waals surface area (Å²) in [5, 5.41) is 5.19. The number of hydrogen-bond acceptors (Lipinski definition) is 5. The summed E-state index contributed by atoms with van der Waals surface area (Å²) < 4.78 is 10.4. The first kappa shape index (κ1) is 19.5. The molecule has 0 atom stereocenters. The van der Waals surface area contributed by atoms with Gasteiger partial charge in [-0.3, -0.25) is 9.59 Å². The van der Waals surface area contributed by atoms with E-state index < -0.39 is 5.91 Å². The van der Waals surface area contributed by atoms with Crippen molar-refractivity contribution in [3.8, 4) is 5.75 Å². The third kappa shape index (κ3) is 5.60. The van der Waals surface area contributed by atoms with Crippen molar-refractivity contribution in [2.24, 2.45) is 5.73 Å². The van der Waals surface area contributed by atoms with E-state index in [4.69, 9.17) is 14.9 Å². The molecule has 0 saturated heterocycles. The fourth-order valence-corrected chi connectivity index (χ4v) is 1.88. The zero-order chi connectivity index (χ0) is 16.7. The van der Waals surface area contributed by atoms with Crippen LogP contribution in [0, 0.1) is 0 Å². The van der Waals surface area contributed by atoms with Crippen molar-refractivity contribution in [1.29, 1.82) is 0 Å². The van der Waals surface area contributed by atoms with E-state index >= 15 is 0 Å². The zero-order valence-electron chi connectivity index (χ0n) is 13.2. The predicted molar refractivity (Wildman–Crippen MR) is 92.4 cm³/mol. The Morgan fingerprint density at radius 1 is 1.25 bits per heavy atom. The second-order valence-corrected chi connectivity index (χ2v) is 4.69. The van der Waals surface area contributed by atoms with Crippen LogP contribution >= 0.6 is 12.4 Å². The van der Waals surface area contributed by atoms with Crippen molar-refractivity contribution in [3.63, 3.8) is 0 Å². The summed E-state index contributed by atoms with van der Waals surface area (Å²) in [5.74, 6) is 0.517.